The van der Waals surface area contributed by atoms with Crippen molar-refractivity contribution in [3.63, 3.8) is 0 Å². The summed E-state index contributed by atoms with van der Waals surface area (Å²) in [6, 6.07) is 13.0. The zero-order valence-electron chi connectivity index (χ0n) is 11.3. The Morgan fingerprint density at radius 2 is 2.00 bits per heavy atom. The summed E-state index contributed by atoms with van der Waals surface area (Å²) in [5, 5.41) is 0.868. The number of benzene rings is 1. The van der Waals surface area contributed by atoms with Crippen molar-refractivity contribution in [1.82, 2.24) is 14.5 Å². The van der Waals surface area contributed by atoms with E-state index in [9.17, 15) is 4.79 Å². The van der Waals surface area contributed by atoms with Gasteiger partial charge in [0.1, 0.15) is 17.0 Å². The Hall–Kier alpha value is -2.95. The van der Waals surface area contributed by atoms with Crippen LogP contribution in [0.15, 0.2) is 57.9 Å². The van der Waals surface area contributed by atoms with E-state index in [-0.39, 0.29) is 0 Å². The molecule has 102 valence electrons. The molecule has 0 aliphatic carbocycles. The molecule has 4 rings (SSSR count). The van der Waals surface area contributed by atoms with Gasteiger partial charge in [-0.2, -0.15) is 0 Å². The van der Waals surface area contributed by atoms with Crippen LogP contribution in [0.25, 0.3) is 33.5 Å². The van der Waals surface area contributed by atoms with Gasteiger partial charge in [0.25, 0.3) is 0 Å². The van der Waals surface area contributed by atoms with E-state index in [1.807, 2.05) is 48.0 Å². The lowest BCUT2D eigenvalue weighted by molar-refractivity contribution is 0.562. The number of hydrogen-bond acceptors (Lipinski definition) is 4. The molecule has 5 nitrogen and oxygen atoms in total. The molecule has 0 N–H and O–H groups in total. The SMILES string of the molecule is Cn1c(-c2cc3ccccc3oc2=O)nc2ncccc21. The van der Waals surface area contributed by atoms with Gasteiger partial charge < -0.3 is 8.98 Å². The van der Waals surface area contributed by atoms with Gasteiger partial charge in [0.15, 0.2) is 5.65 Å². The van der Waals surface area contributed by atoms with Gasteiger partial charge in [-0.3, -0.25) is 0 Å². The van der Waals surface area contributed by atoms with E-state index in [1.165, 1.54) is 0 Å². The van der Waals surface area contributed by atoms with Crippen molar-refractivity contribution in [2.24, 2.45) is 7.05 Å². The van der Waals surface area contributed by atoms with Crippen LogP contribution in [0.1, 0.15) is 0 Å². The fourth-order valence-electron chi connectivity index (χ4n) is 2.48. The molecule has 0 atom stereocenters. The van der Waals surface area contributed by atoms with Gasteiger partial charge in [0, 0.05) is 18.6 Å². The second-order valence-corrected chi connectivity index (χ2v) is 4.83. The minimum absolute atomic E-state index is 0.396. The first kappa shape index (κ1) is 11.8. The fraction of sp³-hybridized carbons (Fsp3) is 0.0625. The lowest BCUT2D eigenvalue weighted by Gasteiger charge is -2.02. The summed E-state index contributed by atoms with van der Waals surface area (Å²) in [6.07, 6.45) is 1.68. The Morgan fingerprint density at radius 3 is 2.86 bits per heavy atom. The second-order valence-electron chi connectivity index (χ2n) is 4.83. The summed E-state index contributed by atoms with van der Waals surface area (Å²) in [5.41, 5.74) is 2.10. The Morgan fingerprint density at radius 1 is 1.14 bits per heavy atom. The maximum atomic E-state index is 12.2. The van der Waals surface area contributed by atoms with Crippen molar-refractivity contribution in [2.45, 2.75) is 0 Å². The van der Waals surface area contributed by atoms with Gasteiger partial charge in [-0.25, -0.2) is 14.8 Å². The van der Waals surface area contributed by atoms with Crippen LogP contribution in [0.3, 0.4) is 0 Å². The molecular formula is C16H11N3O2. The highest BCUT2D eigenvalue weighted by atomic mass is 16.4. The highest BCUT2D eigenvalue weighted by Gasteiger charge is 2.15. The normalized spacial score (nSPS) is 11.3. The lowest BCUT2D eigenvalue weighted by atomic mass is 10.2. The standard InChI is InChI=1S/C16H11N3O2/c1-19-12-6-4-8-17-14(12)18-15(19)11-9-10-5-2-3-7-13(10)21-16(11)20/h2-9H,1H3. The minimum atomic E-state index is -0.396. The van der Waals surface area contributed by atoms with E-state index in [0.717, 1.165) is 10.9 Å². The maximum absolute atomic E-state index is 12.2. The minimum Gasteiger partial charge on any atom is -0.422 e. The monoisotopic (exact) mass is 277 g/mol. The first-order valence-electron chi connectivity index (χ1n) is 6.55. The molecule has 0 radical (unpaired) electrons. The summed E-state index contributed by atoms with van der Waals surface area (Å²) >= 11 is 0. The van der Waals surface area contributed by atoms with E-state index in [0.29, 0.717) is 22.6 Å². The highest BCUT2D eigenvalue weighted by Crippen LogP contribution is 2.23. The molecule has 5 heteroatoms. The molecule has 0 saturated heterocycles. The van der Waals surface area contributed by atoms with Crippen molar-refractivity contribution in [3.8, 4) is 11.4 Å². The van der Waals surface area contributed by atoms with Crippen molar-refractivity contribution in [2.75, 3.05) is 0 Å². The third-order valence-corrected chi connectivity index (χ3v) is 3.54. The number of rotatable bonds is 1. The van der Waals surface area contributed by atoms with E-state index in [4.69, 9.17) is 4.42 Å². The van der Waals surface area contributed by atoms with E-state index < -0.39 is 5.63 Å². The molecule has 0 spiro atoms. The molecule has 0 bridgehead atoms. The van der Waals surface area contributed by atoms with Gasteiger partial charge in [-0.1, -0.05) is 18.2 Å². The van der Waals surface area contributed by atoms with Crippen molar-refractivity contribution < 1.29 is 4.42 Å². The fourth-order valence-corrected chi connectivity index (χ4v) is 2.48. The molecule has 21 heavy (non-hydrogen) atoms. The summed E-state index contributed by atoms with van der Waals surface area (Å²) in [7, 11) is 1.86. The summed E-state index contributed by atoms with van der Waals surface area (Å²) in [5.74, 6) is 0.559. The van der Waals surface area contributed by atoms with E-state index in [1.54, 1.807) is 12.3 Å². The average molecular weight is 277 g/mol. The summed E-state index contributed by atoms with van der Waals surface area (Å²) in [6.45, 7) is 0. The molecule has 0 saturated carbocycles. The number of fused-ring (bicyclic) bond motifs is 2. The number of aromatic nitrogens is 3. The van der Waals surface area contributed by atoms with Gasteiger partial charge in [-0.05, 0) is 24.3 Å². The zero-order chi connectivity index (χ0) is 14.4. The molecule has 3 heterocycles. The van der Waals surface area contributed by atoms with Gasteiger partial charge in [0.2, 0.25) is 0 Å². The number of pyridine rings is 1. The van der Waals surface area contributed by atoms with Gasteiger partial charge >= 0.3 is 5.63 Å². The van der Waals surface area contributed by atoms with E-state index in [2.05, 4.69) is 9.97 Å². The Balaban J connectivity index is 2.06. The number of para-hydroxylation sites is 1. The number of imidazole rings is 1. The predicted molar refractivity (Wildman–Crippen MR) is 80.0 cm³/mol. The number of nitrogens with zero attached hydrogens (tertiary/aromatic N) is 3. The Labute approximate surface area is 119 Å². The van der Waals surface area contributed by atoms with Crippen LogP contribution in [-0.2, 0) is 7.05 Å². The maximum Gasteiger partial charge on any atom is 0.347 e. The molecule has 4 aromatic rings. The van der Waals surface area contributed by atoms with Gasteiger partial charge in [0.05, 0.1) is 5.52 Å². The molecule has 0 aliphatic rings. The quantitative estimate of drug-likeness (QED) is 0.502. The third kappa shape index (κ3) is 1.74. The Kier molecular flexibility index (Phi) is 2.41. The largest absolute Gasteiger partial charge is 0.422 e. The van der Waals surface area contributed by atoms with Crippen LogP contribution in [0.4, 0.5) is 0 Å². The molecular weight excluding hydrogens is 266 g/mol. The van der Waals surface area contributed by atoms with Crippen LogP contribution >= 0.6 is 0 Å². The molecule has 0 fully saturated rings. The molecule has 3 aromatic heterocycles. The van der Waals surface area contributed by atoms with Crippen molar-refractivity contribution >= 4 is 22.1 Å². The van der Waals surface area contributed by atoms with Crippen LogP contribution in [0.5, 0.6) is 0 Å². The number of aryl methyl sites for hydroxylation is 1. The van der Waals surface area contributed by atoms with E-state index >= 15 is 0 Å². The smallest absolute Gasteiger partial charge is 0.347 e. The molecule has 0 amide bonds. The zero-order valence-corrected chi connectivity index (χ0v) is 11.3. The Bertz CT molecular complexity index is 1030. The molecule has 1 aromatic carbocycles. The van der Waals surface area contributed by atoms with Crippen LogP contribution in [0, 0.1) is 0 Å². The van der Waals surface area contributed by atoms with Crippen molar-refractivity contribution in [3.05, 3.63) is 59.1 Å². The topological polar surface area (TPSA) is 60.9 Å². The number of hydrogen-bond donors (Lipinski definition) is 0. The third-order valence-electron chi connectivity index (χ3n) is 3.54. The average Bonchev–Trinajstić information content (AvgIpc) is 2.84. The van der Waals surface area contributed by atoms with Crippen LogP contribution in [0.2, 0.25) is 0 Å². The summed E-state index contributed by atoms with van der Waals surface area (Å²) in [4.78, 5) is 20.9. The first-order valence-corrected chi connectivity index (χ1v) is 6.55. The van der Waals surface area contributed by atoms with Crippen LogP contribution < -0.4 is 5.63 Å². The molecule has 0 aliphatic heterocycles. The van der Waals surface area contributed by atoms with Gasteiger partial charge in [-0.15, -0.1) is 0 Å². The predicted octanol–water partition coefficient (Wildman–Crippen LogP) is 2.74. The highest BCUT2D eigenvalue weighted by molar-refractivity contribution is 5.82. The second kappa shape index (κ2) is 4.28. The molecule has 0 unspecified atom stereocenters. The van der Waals surface area contributed by atoms with Crippen LogP contribution in [-0.4, -0.2) is 14.5 Å². The first-order chi connectivity index (χ1) is 10.2. The van der Waals surface area contributed by atoms with Crippen molar-refractivity contribution in [1.29, 1.82) is 0 Å². The summed E-state index contributed by atoms with van der Waals surface area (Å²) < 4.78 is 7.22. The lowest BCUT2D eigenvalue weighted by Crippen LogP contribution is -2.06.